The number of rotatable bonds is 4. The molecule has 3 aromatic heterocycles. The molecule has 3 aromatic rings. The van der Waals surface area contributed by atoms with Crippen LogP contribution >= 0.6 is 0 Å². The number of hydrogen-bond acceptors (Lipinski definition) is 6. The van der Waals surface area contributed by atoms with Crippen molar-refractivity contribution in [3.05, 3.63) is 30.2 Å². The first kappa shape index (κ1) is 16.9. The van der Waals surface area contributed by atoms with Crippen molar-refractivity contribution >= 4 is 16.9 Å². The normalized spacial score (nSPS) is 17.6. The smallest absolute Gasteiger partial charge is 0.164 e. The maximum absolute atomic E-state index is 5.92. The van der Waals surface area contributed by atoms with Gasteiger partial charge in [-0.1, -0.05) is 0 Å². The van der Waals surface area contributed by atoms with Gasteiger partial charge < -0.3 is 9.64 Å². The molecule has 136 valence electrons. The van der Waals surface area contributed by atoms with Gasteiger partial charge in [0.2, 0.25) is 0 Å². The number of ether oxygens (including phenoxy) is 1. The summed E-state index contributed by atoms with van der Waals surface area (Å²) < 4.78 is 7.74. The highest BCUT2D eigenvalue weighted by molar-refractivity contribution is 5.91. The minimum Gasteiger partial charge on any atom is -0.376 e. The molecule has 1 atom stereocenters. The molecule has 4 rings (SSSR count). The summed E-state index contributed by atoms with van der Waals surface area (Å²) in [7, 11) is 4.00. The summed E-state index contributed by atoms with van der Waals surface area (Å²) in [5, 5.41) is 5.56. The van der Waals surface area contributed by atoms with Crippen molar-refractivity contribution in [1.82, 2.24) is 24.7 Å². The third-order valence-electron chi connectivity index (χ3n) is 4.89. The van der Waals surface area contributed by atoms with Gasteiger partial charge in [0.05, 0.1) is 17.2 Å². The van der Waals surface area contributed by atoms with E-state index in [0.717, 1.165) is 54.1 Å². The number of likely N-dealkylation sites (N-methyl/N-ethyl adjacent to an activating group) is 1. The fourth-order valence-corrected chi connectivity index (χ4v) is 3.57. The molecule has 0 saturated carbocycles. The van der Waals surface area contributed by atoms with Gasteiger partial charge >= 0.3 is 0 Å². The van der Waals surface area contributed by atoms with Gasteiger partial charge in [0.1, 0.15) is 5.82 Å². The lowest BCUT2D eigenvalue weighted by atomic mass is 10.1. The van der Waals surface area contributed by atoms with Crippen LogP contribution in [0, 0.1) is 6.92 Å². The third-order valence-corrected chi connectivity index (χ3v) is 4.89. The Morgan fingerprint density at radius 2 is 2.04 bits per heavy atom. The van der Waals surface area contributed by atoms with Crippen LogP contribution in [0.3, 0.4) is 0 Å². The van der Waals surface area contributed by atoms with E-state index in [2.05, 4.69) is 22.0 Å². The Balaban J connectivity index is 1.78. The third kappa shape index (κ3) is 3.14. The highest BCUT2D eigenvalue weighted by Gasteiger charge is 2.22. The summed E-state index contributed by atoms with van der Waals surface area (Å²) in [6.45, 7) is 3.67. The van der Waals surface area contributed by atoms with E-state index in [1.54, 1.807) is 12.4 Å². The topological polar surface area (TPSA) is 69.0 Å². The average Bonchev–Trinajstić information content (AvgIpc) is 2.96. The van der Waals surface area contributed by atoms with E-state index in [-0.39, 0.29) is 6.10 Å². The zero-order valence-electron chi connectivity index (χ0n) is 15.5. The van der Waals surface area contributed by atoms with Crippen molar-refractivity contribution in [3.63, 3.8) is 0 Å². The Bertz CT molecular complexity index is 901. The molecule has 0 unspecified atom stereocenters. The van der Waals surface area contributed by atoms with Crippen molar-refractivity contribution in [1.29, 1.82) is 0 Å². The first-order valence-corrected chi connectivity index (χ1v) is 9.08. The van der Waals surface area contributed by atoms with E-state index in [1.807, 2.05) is 30.8 Å². The van der Waals surface area contributed by atoms with Gasteiger partial charge in [0.25, 0.3) is 0 Å². The molecule has 1 fully saturated rings. The van der Waals surface area contributed by atoms with Crippen LogP contribution in [0.4, 0.5) is 5.82 Å². The van der Waals surface area contributed by atoms with E-state index in [4.69, 9.17) is 14.7 Å². The lowest BCUT2D eigenvalue weighted by Gasteiger charge is -2.28. The fraction of sp³-hybridized carbons (Fsp3) is 0.474. The minimum absolute atomic E-state index is 0.250. The lowest BCUT2D eigenvalue weighted by molar-refractivity contribution is 0.0215. The summed E-state index contributed by atoms with van der Waals surface area (Å²) >= 11 is 0. The molecule has 0 aliphatic carbocycles. The predicted octanol–water partition coefficient (Wildman–Crippen LogP) is 2.74. The molecule has 0 spiro atoms. The largest absolute Gasteiger partial charge is 0.376 e. The van der Waals surface area contributed by atoms with Gasteiger partial charge in [0.15, 0.2) is 11.5 Å². The number of nitrogens with zero attached hydrogens (tertiary/aromatic N) is 6. The van der Waals surface area contributed by atoms with Crippen LogP contribution in [0.15, 0.2) is 24.5 Å². The minimum atomic E-state index is 0.250. The molecule has 0 N–H and O–H groups in total. The zero-order valence-corrected chi connectivity index (χ0v) is 15.5. The summed E-state index contributed by atoms with van der Waals surface area (Å²) in [5.41, 5.74) is 2.73. The predicted molar refractivity (Wildman–Crippen MR) is 101 cm³/mol. The van der Waals surface area contributed by atoms with Crippen LogP contribution < -0.4 is 4.90 Å². The summed E-state index contributed by atoms with van der Waals surface area (Å²) in [4.78, 5) is 15.9. The van der Waals surface area contributed by atoms with E-state index < -0.39 is 0 Å². The Kier molecular flexibility index (Phi) is 4.55. The van der Waals surface area contributed by atoms with Gasteiger partial charge in [-0.05, 0) is 38.3 Å². The van der Waals surface area contributed by atoms with Crippen LogP contribution in [0.2, 0.25) is 0 Å². The number of anilines is 1. The average molecular weight is 352 g/mol. The van der Waals surface area contributed by atoms with Gasteiger partial charge in [-0.3, -0.25) is 9.67 Å². The van der Waals surface area contributed by atoms with Crippen molar-refractivity contribution < 1.29 is 4.74 Å². The van der Waals surface area contributed by atoms with Crippen molar-refractivity contribution in [2.24, 2.45) is 7.05 Å². The molecule has 26 heavy (non-hydrogen) atoms. The highest BCUT2D eigenvalue weighted by Crippen LogP contribution is 2.29. The van der Waals surface area contributed by atoms with E-state index >= 15 is 0 Å². The Morgan fingerprint density at radius 3 is 2.77 bits per heavy atom. The standard InChI is InChI=1S/C19H24N6O/c1-13-16-18(24(2)12-15-6-4-5-11-26-15)21-17(14-7-9-20-10-8-14)22-19(16)25(3)23-13/h7-10,15H,4-6,11-12H2,1-3H3/t15-/m1/s1. The van der Waals surface area contributed by atoms with Crippen LogP contribution in [0.25, 0.3) is 22.4 Å². The number of hydrogen-bond donors (Lipinski definition) is 0. The van der Waals surface area contributed by atoms with E-state index in [1.165, 1.54) is 6.42 Å². The van der Waals surface area contributed by atoms with Gasteiger partial charge in [-0.25, -0.2) is 9.97 Å². The van der Waals surface area contributed by atoms with Crippen molar-refractivity contribution in [2.45, 2.75) is 32.3 Å². The van der Waals surface area contributed by atoms with Gasteiger partial charge in [-0.15, -0.1) is 0 Å². The summed E-state index contributed by atoms with van der Waals surface area (Å²) in [6, 6.07) is 3.86. The zero-order chi connectivity index (χ0) is 18.1. The molecule has 7 nitrogen and oxygen atoms in total. The molecule has 0 aromatic carbocycles. The molecule has 4 heterocycles. The monoisotopic (exact) mass is 352 g/mol. The molecule has 0 amide bonds. The lowest BCUT2D eigenvalue weighted by Crippen LogP contribution is -2.34. The molecule has 7 heteroatoms. The number of pyridine rings is 1. The number of aryl methyl sites for hydroxylation is 2. The van der Waals surface area contributed by atoms with Crippen molar-refractivity contribution in [3.8, 4) is 11.4 Å². The highest BCUT2D eigenvalue weighted by atomic mass is 16.5. The molecule has 0 bridgehead atoms. The van der Waals surface area contributed by atoms with Gasteiger partial charge in [-0.2, -0.15) is 5.10 Å². The first-order chi connectivity index (χ1) is 12.6. The second kappa shape index (κ2) is 6.99. The van der Waals surface area contributed by atoms with E-state index in [9.17, 15) is 0 Å². The Hall–Kier alpha value is -2.54. The fourth-order valence-electron chi connectivity index (χ4n) is 3.57. The number of fused-ring (bicyclic) bond motifs is 1. The molecular weight excluding hydrogens is 328 g/mol. The quantitative estimate of drug-likeness (QED) is 0.719. The van der Waals surface area contributed by atoms with E-state index in [0.29, 0.717) is 5.82 Å². The summed E-state index contributed by atoms with van der Waals surface area (Å²) in [5.74, 6) is 1.59. The van der Waals surface area contributed by atoms with Crippen LogP contribution in [0.1, 0.15) is 25.0 Å². The van der Waals surface area contributed by atoms with Crippen LogP contribution in [-0.4, -0.2) is 51.0 Å². The molecule has 0 radical (unpaired) electrons. The molecule has 1 aliphatic rings. The summed E-state index contributed by atoms with van der Waals surface area (Å²) in [6.07, 6.45) is 7.26. The second-order valence-corrected chi connectivity index (χ2v) is 6.88. The maximum Gasteiger partial charge on any atom is 0.164 e. The molecular formula is C19H24N6O. The molecule has 1 aliphatic heterocycles. The SMILES string of the molecule is Cc1nn(C)c2nc(-c3ccncc3)nc(N(C)C[C@H]3CCCCO3)c12. The van der Waals surface area contributed by atoms with Gasteiger partial charge in [0, 0.05) is 45.2 Å². The second-order valence-electron chi connectivity index (χ2n) is 6.88. The molecule has 1 saturated heterocycles. The van der Waals surface area contributed by atoms with Crippen molar-refractivity contribution in [2.75, 3.05) is 25.1 Å². The van der Waals surface area contributed by atoms with Crippen LogP contribution in [0.5, 0.6) is 0 Å². The first-order valence-electron chi connectivity index (χ1n) is 9.08. The Labute approximate surface area is 153 Å². The number of aromatic nitrogens is 5. The Morgan fingerprint density at radius 1 is 1.23 bits per heavy atom. The maximum atomic E-state index is 5.92. The van der Waals surface area contributed by atoms with Crippen LogP contribution in [-0.2, 0) is 11.8 Å².